The summed E-state index contributed by atoms with van der Waals surface area (Å²) in [7, 11) is 0. The van der Waals surface area contributed by atoms with Gasteiger partial charge in [0.1, 0.15) is 0 Å². The van der Waals surface area contributed by atoms with Gasteiger partial charge in [0.25, 0.3) is 0 Å². The maximum Gasteiger partial charge on any atom is 0.234 e. The lowest BCUT2D eigenvalue weighted by atomic mass is 9.83. The first-order valence-electron chi connectivity index (χ1n) is 12.6. The summed E-state index contributed by atoms with van der Waals surface area (Å²) >= 11 is 1.91. The van der Waals surface area contributed by atoms with Crippen molar-refractivity contribution in [3.8, 4) is 0 Å². The van der Waals surface area contributed by atoms with Crippen molar-refractivity contribution in [3.63, 3.8) is 0 Å². The van der Waals surface area contributed by atoms with Gasteiger partial charge in [-0.25, -0.2) is 4.98 Å². The quantitative estimate of drug-likeness (QED) is 0.338. The molecule has 0 spiro atoms. The normalized spacial score (nSPS) is 18.1. The zero-order valence-corrected chi connectivity index (χ0v) is 22.1. The van der Waals surface area contributed by atoms with Gasteiger partial charge in [0.15, 0.2) is 0 Å². The summed E-state index contributed by atoms with van der Waals surface area (Å²) in [5.74, 6) is 2.02. The third kappa shape index (κ3) is 6.32. The van der Waals surface area contributed by atoms with Crippen LogP contribution in [0.5, 0.6) is 0 Å². The lowest BCUT2D eigenvalue weighted by Gasteiger charge is -2.26. The predicted octanol–water partition coefficient (Wildman–Crippen LogP) is 8.31. The van der Waals surface area contributed by atoms with E-state index in [0.717, 1.165) is 35.7 Å². The van der Waals surface area contributed by atoms with Crippen LogP contribution in [0.3, 0.4) is 0 Å². The predicted molar refractivity (Wildman–Crippen MR) is 143 cm³/mol. The number of imidazole rings is 1. The molecule has 0 saturated carbocycles. The van der Waals surface area contributed by atoms with Gasteiger partial charge in [0, 0.05) is 34.4 Å². The molecule has 33 heavy (non-hydrogen) atoms. The van der Waals surface area contributed by atoms with E-state index in [0.29, 0.717) is 12.4 Å². The summed E-state index contributed by atoms with van der Waals surface area (Å²) in [4.78, 5) is 18.6. The molecule has 2 atom stereocenters. The maximum absolute atomic E-state index is 13.6. The summed E-state index contributed by atoms with van der Waals surface area (Å²) in [6.07, 6.45) is 8.70. The van der Waals surface area contributed by atoms with E-state index in [1.165, 1.54) is 24.8 Å². The Hall–Kier alpha value is -2.01. The topological polar surface area (TPSA) is 46.9 Å². The molecule has 0 amide bonds. The molecular weight excluding hydrogens is 426 g/mol. The lowest BCUT2D eigenvalue weighted by Crippen LogP contribution is -2.22. The number of hydrogen-bond acceptors (Lipinski definition) is 4. The van der Waals surface area contributed by atoms with Crippen molar-refractivity contribution in [1.29, 1.82) is 0 Å². The van der Waals surface area contributed by atoms with Gasteiger partial charge in [0.05, 0.1) is 11.4 Å². The second kappa shape index (κ2) is 11.4. The summed E-state index contributed by atoms with van der Waals surface area (Å²) < 4.78 is 2.08. The zero-order chi connectivity index (χ0) is 24.0. The second-order valence-corrected chi connectivity index (χ2v) is 11.7. The molecule has 2 aromatic rings. The molecule has 0 fully saturated rings. The van der Waals surface area contributed by atoms with Crippen molar-refractivity contribution in [1.82, 2.24) is 9.55 Å². The highest BCUT2D eigenvalue weighted by atomic mass is 32.2. The van der Waals surface area contributed by atoms with E-state index in [1.807, 2.05) is 46.7 Å². The average molecular weight is 468 g/mol. The van der Waals surface area contributed by atoms with Crippen LogP contribution in [0.15, 0.2) is 42.0 Å². The largest absolute Gasteiger partial charge is 0.325 e. The number of fused-ring (bicyclic) bond motifs is 1. The Bertz CT molecular complexity index is 961. The number of benzene rings is 1. The molecule has 1 N–H and O–H groups in total. The number of carbonyl (C=O) groups excluding carboxylic acids is 1. The van der Waals surface area contributed by atoms with Crippen LogP contribution < -0.4 is 5.32 Å². The van der Waals surface area contributed by atoms with Crippen LogP contribution in [0.1, 0.15) is 108 Å². The summed E-state index contributed by atoms with van der Waals surface area (Å²) in [6.45, 7) is 13.5. The van der Waals surface area contributed by atoms with Crippen LogP contribution in [0, 0.1) is 0 Å². The number of thioether (sulfide) groups is 1. The smallest absolute Gasteiger partial charge is 0.234 e. The molecule has 1 aliphatic carbocycles. The first kappa shape index (κ1) is 25.6. The highest BCUT2D eigenvalue weighted by Gasteiger charge is 2.32. The highest BCUT2D eigenvalue weighted by molar-refractivity contribution is 8.00. The monoisotopic (exact) mass is 467 g/mol. The number of allylic oxidation sites excluding steroid dienone is 2. The average Bonchev–Trinajstić information content (AvgIpc) is 3.16. The van der Waals surface area contributed by atoms with Crippen LogP contribution >= 0.6 is 11.8 Å². The number of anilines is 2. The van der Waals surface area contributed by atoms with Crippen LogP contribution in [-0.4, -0.2) is 26.0 Å². The maximum atomic E-state index is 13.6. The molecule has 1 aliphatic rings. The highest BCUT2D eigenvalue weighted by Crippen LogP contribution is 2.41. The number of rotatable bonds is 11. The van der Waals surface area contributed by atoms with Gasteiger partial charge < -0.3 is 5.32 Å². The Kier molecular flexibility index (Phi) is 8.86. The molecule has 2 unspecified atom stereocenters. The molecule has 180 valence electrons. The Labute approximate surface area is 204 Å². The zero-order valence-electron chi connectivity index (χ0n) is 21.3. The Morgan fingerprint density at radius 2 is 1.88 bits per heavy atom. The SMILES string of the molecule is CCCCC(C)(C)SCCC(=O)n1c(Nc2ccccc2)nc2c1C(C)C=C(CCC)C2C. The first-order chi connectivity index (χ1) is 15.8. The van der Waals surface area contributed by atoms with Gasteiger partial charge in [-0.3, -0.25) is 9.36 Å². The molecule has 3 rings (SSSR count). The molecule has 1 heterocycles. The summed E-state index contributed by atoms with van der Waals surface area (Å²) in [5, 5.41) is 3.43. The van der Waals surface area contributed by atoms with Crippen LogP contribution in [-0.2, 0) is 0 Å². The summed E-state index contributed by atoms with van der Waals surface area (Å²) in [6, 6.07) is 10.0. The van der Waals surface area contributed by atoms with E-state index in [9.17, 15) is 4.79 Å². The minimum Gasteiger partial charge on any atom is -0.325 e. The molecule has 0 radical (unpaired) electrons. The first-order valence-corrected chi connectivity index (χ1v) is 13.6. The number of aromatic nitrogens is 2. The minimum absolute atomic E-state index is 0.132. The number of para-hydroxylation sites is 1. The van der Waals surface area contributed by atoms with Gasteiger partial charge in [0.2, 0.25) is 11.9 Å². The third-order valence-electron chi connectivity index (χ3n) is 6.56. The molecule has 0 bridgehead atoms. The standard InChI is InChI=1S/C28H41N3OS/c1-7-9-17-28(5,6)33-18-16-24(32)31-26-20(3)19-22(13-8-2)21(4)25(26)30-27(31)29-23-14-11-10-12-15-23/h10-12,14-15,19-21H,7-9,13,16-18H2,1-6H3,(H,29,30). The number of nitrogens with zero attached hydrogens (tertiary/aromatic N) is 2. The van der Waals surface area contributed by atoms with E-state index < -0.39 is 0 Å². The molecule has 5 heteroatoms. The fraction of sp³-hybridized carbons (Fsp3) is 0.571. The van der Waals surface area contributed by atoms with Crippen molar-refractivity contribution in [2.24, 2.45) is 0 Å². The van der Waals surface area contributed by atoms with E-state index in [1.54, 1.807) is 0 Å². The molecular formula is C28H41N3OS. The van der Waals surface area contributed by atoms with Gasteiger partial charge in [-0.15, -0.1) is 0 Å². The van der Waals surface area contributed by atoms with Crippen LogP contribution in [0.4, 0.5) is 11.6 Å². The van der Waals surface area contributed by atoms with Crippen molar-refractivity contribution in [2.45, 2.75) is 96.7 Å². The van der Waals surface area contributed by atoms with Crippen LogP contribution in [0.2, 0.25) is 0 Å². The number of unbranched alkanes of at least 4 members (excludes halogenated alkanes) is 1. The van der Waals surface area contributed by atoms with Crippen molar-refractivity contribution in [2.75, 3.05) is 11.1 Å². The van der Waals surface area contributed by atoms with Gasteiger partial charge in [-0.2, -0.15) is 11.8 Å². The van der Waals surface area contributed by atoms with E-state index in [2.05, 4.69) is 52.9 Å². The van der Waals surface area contributed by atoms with Gasteiger partial charge >= 0.3 is 0 Å². The Balaban J connectivity index is 1.88. The van der Waals surface area contributed by atoms with E-state index >= 15 is 0 Å². The number of nitrogens with one attached hydrogen (secondary N) is 1. The molecule has 0 saturated heterocycles. The second-order valence-electron chi connectivity index (χ2n) is 9.89. The van der Waals surface area contributed by atoms with Crippen molar-refractivity contribution in [3.05, 3.63) is 53.4 Å². The third-order valence-corrected chi connectivity index (χ3v) is 7.96. The fourth-order valence-corrected chi connectivity index (χ4v) is 5.82. The summed E-state index contributed by atoms with van der Waals surface area (Å²) in [5.41, 5.74) is 4.50. The lowest BCUT2D eigenvalue weighted by molar-refractivity contribution is 0.0909. The molecule has 1 aromatic carbocycles. The molecule has 4 nitrogen and oxygen atoms in total. The number of carbonyl (C=O) groups is 1. The molecule has 1 aromatic heterocycles. The number of hydrogen-bond donors (Lipinski definition) is 1. The van der Waals surface area contributed by atoms with Gasteiger partial charge in [-0.1, -0.05) is 90.7 Å². The van der Waals surface area contributed by atoms with Crippen molar-refractivity contribution < 1.29 is 4.79 Å². The van der Waals surface area contributed by atoms with E-state index in [4.69, 9.17) is 4.98 Å². The minimum atomic E-state index is 0.132. The fourth-order valence-electron chi connectivity index (χ4n) is 4.70. The van der Waals surface area contributed by atoms with Crippen molar-refractivity contribution >= 4 is 29.3 Å². The Morgan fingerprint density at radius 3 is 2.55 bits per heavy atom. The van der Waals surface area contributed by atoms with Gasteiger partial charge in [-0.05, 0) is 25.0 Å². The molecule has 0 aliphatic heterocycles. The van der Waals surface area contributed by atoms with Crippen LogP contribution in [0.25, 0.3) is 0 Å². The van der Waals surface area contributed by atoms with E-state index in [-0.39, 0.29) is 22.5 Å². The Morgan fingerprint density at radius 1 is 1.15 bits per heavy atom.